The summed E-state index contributed by atoms with van der Waals surface area (Å²) in [4.78, 5) is 0. The van der Waals surface area contributed by atoms with Crippen molar-refractivity contribution in [3.63, 3.8) is 0 Å². The summed E-state index contributed by atoms with van der Waals surface area (Å²) in [5, 5.41) is 38.8. The molecule has 7 heteroatoms. The molecular weight excluding hydrogens is 352 g/mol. The Hall–Kier alpha value is -2.74. The maximum Gasteiger partial charge on any atom is 0.161 e. The summed E-state index contributed by atoms with van der Waals surface area (Å²) in [5.41, 5.74) is 1.22. The van der Waals surface area contributed by atoms with Crippen LogP contribution in [0.2, 0.25) is 0 Å². The van der Waals surface area contributed by atoms with Crippen molar-refractivity contribution in [1.29, 1.82) is 0 Å². The van der Waals surface area contributed by atoms with E-state index in [9.17, 15) is 15.3 Å². The summed E-state index contributed by atoms with van der Waals surface area (Å²) in [6.45, 7) is -0.519. The maximum atomic E-state index is 10.6. The summed E-state index contributed by atoms with van der Waals surface area (Å²) >= 11 is 0. The Balaban J connectivity index is 2.24. The summed E-state index contributed by atoms with van der Waals surface area (Å²) < 4.78 is 16.1. The molecule has 0 saturated heterocycles. The zero-order valence-electron chi connectivity index (χ0n) is 15.2. The van der Waals surface area contributed by atoms with Crippen LogP contribution >= 0.6 is 0 Å². The van der Waals surface area contributed by atoms with Crippen molar-refractivity contribution < 1.29 is 34.6 Å². The standard InChI is InChI=1S/C20H24O7/c1-25-17-11-14(6-7-15(17)23)20(24)19(12-22)27-16-8-5-13(4-3-9-21)10-18(16)26-2/h3-8,10-11,19-24H,9,12H2,1-2H3/b4-3+/t19-,20+/m0/s1. The molecule has 0 heterocycles. The van der Waals surface area contributed by atoms with Gasteiger partial charge in [0.25, 0.3) is 0 Å². The molecule has 7 nitrogen and oxygen atoms in total. The zero-order chi connectivity index (χ0) is 19.8. The number of aromatic hydroxyl groups is 1. The minimum atomic E-state index is -1.16. The molecule has 0 aromatic heterocycles. The molecule has 2 aromatic rings. The number of ether oxygens (including phenoxy) is 3. The van der Waals surface area contributed by atoms with Gasteiger partial charge >= 0.3 is 0 Å². The van der Waals surface area contributed by atoms with E-state index in [1.54, 1.807) is 30.4 Å². The smallest absolute Gasteiger partial charge is 0.161 e. The van der Waals surface area contributed by atoms with Crippen LogP contribution in [0.15, 0.2) is 42.5 Å². The maximum absolute atomic E-state index is 10.6. The second-order valence-corrected chi connectivity index (χ2v) is 5.71. The Labute approximate surface area is 157 Å². The second kappa shape index (κ2) is 9.82. The number of hydrogen-bond donors (Lipinski definition) is 4. The van der Waals surface area contributed by atoms with E-state index >= 15 is 0 Å². The lowest BCUT2D eigenvalue weighted by atomic mass is 10.0. The SMILES string of the molecule is COc1cc([C@@H](O)[C@H](CO)Oc2ccc(/C=C/CO)cc2OC)ccc1O. The third kappa shape index (κ3) is 5.13. The van der Waals surface area contributed by atoms with E-state index in [0.29, 0.717) is 17.1 Å². The van der Waals surface area contributed by atoms with Crippen molar-refractivity contribution in [2.24, 2.45) is 0 Å². The lowest BCUT2D eigenvalue weighted by molar-refractivity contribution is -0.000515. The second-order valence-electron chi connectivity index (χ2n) is 5.71. The largest absolute Gasteiger partial charge is 0.504 e. The Morgan fingerprint density at radius 1 is 0.963 bits per heavy atom. The molecule has 0 aliphatic carbocycles. The molecule has 4 N–H and O–H groups in total. The van der Waals surface area contributed by atoms with Crippen LogP contribution in [-0.2, 0) is 0 Å². The highest BCUT2D eigenvalue weighted by molar-refractivity contribution is 5.56. The van der Waals surface area contributed by atoms with Gasteiger partial charge < -0.3 is 34.6 Å². The number of phenolic OH excluding ortho intramolecular Hbond substituents is 1. The van der Waals surface area contributed by atoms with E-state index in [0.717, 1.165) is 5.56 Å². The fourth-order valence-electron chi connectivity index (χ4n) is 2.53. The van der Waals surface area contributed by atoms with Crippen molar-refractivity contribution in [1.82, 2.24) is 0 Å². The zero-order valence-corrected chi connectivity index (χ0v) is 15.2. The van der Waals surface area contributed by atoms with Gasteiger partial charge in [-0.1, -0.05) is 24.3 Å². The Morgan fingerprint density at radius 2 is 1.70 bits per heavy atom. The lowest BCUT2D eigenvalue weighted by Gasteiger charge is -2.24. The summed E-state index contributed by atoms with van der Waals surface area (Å²) in [6, 6.07) is 9.53. The fraction of sp³-hybridized carbons (Fsp3) is 0.300. The average Bonchev–Trinajstić information content (AvgIpc) is 2.70. The van der Waals surface area contributed by atoms with Crippen LogP contribution in [0, 0.1) is 0 Å². The van der Waals surface area contributed by atoms with E-state index in [4.69, 9.17) is 19.3 Å². The topological polar surface area (TPSA) is 109 Å². The van der Waals surface area contributed by atoms with Crippen molar-refractivity contribution in [3.8, 4) is 23.0 Å². The van der Waals surface area contributed by atoms with Crippen LogP contribution in [0.1, 0.15) is 17.2 Å². The molecule has 2 rings (SSSR count). The molecule has 2 aromatic carbocycles. The molecule has 0 aliphatic rings. The van der Waals surface area contributed by atoms with Gasteiger partial charge in [-0.25, -0.2) is 0 Å². The third-order valence-corrected chi connectivity index (χ3v) is 3.96. The van der Waals surface area contributed by atoms with Gasteiger partial charge in [-0.05, 0) is 35.4 Å². The van der Waals surface area contributed by atoms with Crippen LogP contribution in [0.4, 0.5) is 0 Å². The first-order valence-electron chi connectivity index (χ1n) is 8.32. The number of hydrogen-bond acceptors (Lipinski definition) is 7. The molecule has 0 bridgehead atoms. The Kier molecular flexibility index (Phi) is 7.48. The van der Waals surface area contributed by atoms with Crippen molar-refractivity contribution in [2.75, 3.05) is 27.4 Å². The Morgan fingerprint density at radius 3 is 2.33 bits per heavy atom. The first-order valence-corrected chi connectivity index (χ1v) is 8.32. The molecular formula is C20H24O7. The predicted molar refractivity (Wildman–Crippen MR) is 100 cm³/mol. The highest BCUT2D eigenvalue weighted by atomic mass is 16.5. The molecule has 2 atom stereocenters. The van der Waals surface area contributed by atoms with E-state index in [-0.39, 0.29) is 18.1 Å². The average molecular weight is 376 g/mol. The van der Waals surface area contributed by atoms with E-state index in [1.807, 2.05) is 0 Å². The normalized spacial score (nSPS) is 13.4. The minimum absolute atomic E-state index is 0.0527. The van der Waals surface area contributed by atoms with Gasteiger partial charge in [0.15, 0.2) is 29.1 Å². The molecule has 0 aliphatic heterocycles. The molecule has 0 radical (unpaired) electrons. The van der Waals surface area contributed by atoms with Crippen LogP contribution in [0.25, 0.3) is 6.08 Å². The van der Waals surface area contributed by atoms with Crippen LogP contribution in [0.3, 0.4) is 0 Å². The highest BCUT2D eigenvalue weighted by Gasteiger charge is 2.24. The molecule has 0 amide bonds. The quantitative estimate of drug-likeness (QED) is 0.529. The summed E-state index contributed by atoms with van der Waals surface area (Å²) in [5.74, 6) is 0.926. The van der Waals surface area contributed by atoms with Crippen LogP contribution in [0.5, 0.6) is 23.0 Å². The van der Waals surface area contributed by atoms with Gasteiger partial charge in [-0.3, -0.25) is 0 Å². The monoisotopic (exact) mass is 376 g/mol. The van der Waals surface area contributed by atoms with Crippen LogP contribution < -0.4 is 14.2 Å². The number of aliphatic hydroxyl groups excluding tert-OH is 3. The highest BCUT2D eigenvalue weighted by Crippen LogP contribution is 2.34. The van der Waals surface area contributed by atoms with Crippen molar-refractivity contribution in [2.45, 2.75) is 12.2 Å². The lowest BCUT2D eigenvalue weighted by Crippen LogP contribution is -2.29. The summed E-state index contributed by atoms with van der Waals surface area (Å²) in [6.07, 6.45) is 1.19. The number of benzene rings is 2. The predicted octanol–water partition coefficient (Wildman–Crippen LogP) is 1.89. The van der Waals surface area contributed by atoms with Gasteiger partial charge in [-0.15, -0.1) is 0 Å². The van der Waals surface area contributed by atoms with E-state index in [1.165, 1.54) is 32.4 Å². The van der Waals surface area contributed by atoms with E-state index < -0.39 is 18.8 Å². The van der Waals surface area contributed by atoms with Crippen LogP contribution in [-0.4, -0.2) is 54.0 Å². The van der Waals surface area contributed by atoms with Gasteiger partial charge in [0, 0.05) is 0 Å². The van der Waals surface area contributed by atoms with Gasteiger partial charge in [0.1, 0.15) is 6.10 Å². The van der Waals surface area contributed by atoms with Crippen molar-refractivity contribution >= 4 is 6.08 Å². The molecule has 27 heavy (non-hydrogen) atoms. The molecule has 0 saturated carbocycles. The molecule has 0 unspecified atom stereocenters. The van der Waals surface area contributed by atoms with E-state index in [2.05, 4.69) is 0 Å². The summed E-state index contributed by atoms with van der Waals surface area (Å²) in [7, 11) is 2.89. The molecule has 146 valence electrons. The van der Waals surface area contributed by atoms with Gasteiger partial charge in [-0.2, -0.15) is 0 Å². The van der Waals surface area contributed by atoms with Gasteiger partial charge in [0.2, 0.25) is 0 Å². The first-order chi connectivity index (χ1) is 13.0. The number of phenols is 1. The molecule has 0 fully saturated rings. The van der Waals surface area contributed by atoms with Gasteiger partial charge in [0.05, 0.1) is 27.4 Å². The fourth-order valence-corrected chi connectivity index (χ4v) is 2.53. The van der Waals surface area contributed by atoms with Crippen molar-refractivity contribution in [3.05, 3.63) is 53.6 Å². The minimum Gasteiger partial charge on any atom is -0.504 e. The first kappa shape index (κ1) is 20.6. The number of aliphatic hydroxyl groups is 3. The Bertz CT molecular complexity index is 773. The number of rotatable bonds is 9. The number of methoxy groups -OCH3 is 2. The molecule has 0 spiro atoms. The third-order valence-electron chi connectivity index (χ3n) is 3.96.